The van der Waals surface area contributed by atoms with Crippen LogP contribution in [0.4, 0.5) is 0 Å². The molecule has 1 unspecified atom stereocenters. The maximum atomic E-state index is 4.56. The highest BCUT2D eigenvalue weighted by Gasteiger charge is 2.23. The van der Waals surface area contributed by atoms with Gasteiger partial charge in [0.05, 0.1) is 0 Å². The van der Waals surface area contributed by atoms with E-state index in [0.717, 1.165) is 51.1 Å². The van der Waals surface area contributed by atoms with Crippen LogP contribution in [0.3, 0.4) is 0 Å². The minimum atomic E-state index is 0.654. The highest BCUT2D eigenvalue weighted by molar-refractivity contribution is 5.80. The lowest BCUT2D eigenvalue weighted by Crippen LogP contribution is -2.53. The van der Waals surface area contributed by atoms with E-state index >= 15 is 0 Å². The van der Waals surface area contributed by atoms with Gasteiger partial charge in [-0.25, -0.2) is 0 Å². The zero-order valence-electron chi connectivity index (χ0n) is 18.6. The molecule has 5 heteroatoms. The standard InChI is InChI=1S/C24H39N5/c1-21(2)29-14-8-12-23(20-29)19-26-24(25-3)28-17-15-27(16-18-28)13-7-11-22-9-5-4-6-10-22/h4-7,9-11,21,23H,8,12-20H2,1-3H3,(H,25,26)/b11-7+. The van der Waals surface area contributed by atoms with Crippen molar-refractivity contribution in [2.75, 3.05) is 59.4 Å². The number of nitrogens with one attached hydrogen (secondary N) is 1. The molecule has 0 radical (unpaired) electrons. The molecule has 2 fully saturated rings. The summed E-state index contributed by atoms with van der Waals surface area (Å²) in [6.07, 6.45) is 7.14. The van der Waals surface area contributed by atoms with E-state index in [9.17, 15) is 0 Å². The summed E-state index contributed by atoms with van der Waals surface area (Å²) in [5.74, 6) is 1.80. The number of benzene rings is 1. The Balaban J connectivity index is 1.39. The van der Waals surface area contributed by atoms with Crippen molar-refractivity contribution in [1.82, 2.24) is 20.0 Å². The second-order valence-corrected chi connectivity index (χ2v) is 8.63. The third-order valence-electron chi connectivity index (χ3n) is 6.19. The van der Waals surface area contributed by atoms with Crippen LogP contribution in [0.25, 0.3) is 6.08 Å². The Bertz CT molecular complexity index is 646. The number of likely N-dealkylation sites (tertiary alicyclic amines) is 1. The van der Waals surface area contributed by atoms with E-state index in [1.165, 1.54) is 31.5 Å². The number of piperazine rings is 1. The van der Waals surface area contributed by atoms with Crippen LogP contribution in [0.15, 0.2) is 41.4 Å². The Hall–Kier alpha value is -1.85. The maximum Gasteiger partial charge on any atom is 0.193 e. The van der Waals surface area contributed by atoms with Gasteiger partial charge in [-0.2, -0.15) is 0 Å². The number of aliphatic imine (C=N–C) groups is 1. The average Bonchev–Trinajstić information content (AvgIpc) is 2.76. The zero-order valence-corrected chi connectivity index (χ0v) is 18.6. The lowest BCUT2D eigenvalue weighted by atomic mass is 9.97. The Morgan fingerprint density at radius 1 is 1.14 bits per heavy atom. The van der Waals surface area contributed by atoms with Gasteiger partial charge in [-0.1, -0.05) is 42.5 Å². The van der Waals surface area contributed by atoms with Gasteiger partial charge < -0.3 is 15.1 Å². The van der Waals surface area contributed by atoms with Gasteiger partial charge in [0.15, 0.2) is 5.96 Å². The van der Waals surface area contributed by atoms with E-state index < -0.39 is 0 Å². The van der Waals surface area contributed by atoms with Crippen molar-refractivity contribution >= 4 is 12.0 Å². The summed E-state index contributed by atoms with van der Waals surface area (Å²) in [5, 5.41) is 3.66. The summed E-state index contributed by atoms with van der Waals surface area (Å²) in [6, 6.07) is 11.2. The zero-order chi connectivity index (χ0) is 20.5. The molecular weight excluding hydrogens is 358 g/mol. The number of piperidine rings is 1. The molecular formula is C24H39N5. The minimum Gasteiger partial charge on any atom is -0.356 e. The normalized spacial score (nSPS) is 22.6. The third kappa shape index (κ3) is 6.86. The third-order valence-corrected chi connectivity index (χ3v) is 6.19. The Morgan fingerprint density at radius 2 is 1.90 bits per heavy atom. The fourth-order valence-electron chi connectivity index (χ4n) is 4.35. The van der Waals surface area contributed by atoms with Crippen LogP contribution in [0.5, 0.6) is 0 Å². The predicted molar refractivity (Wildman–Crippen MR) is 124 cm³/mol. The number of hydrogen-bond donors (Lipinski definition) is 1. The van der Waals surface area contributed by atoms with Gasteiger partial charge in [-0.05, 0) is 44.7 Å². The molecule has 0 saturated carbocycles. The molecule has 1 atom stereocenters. The first-order valence-corrected chi connectivity index (χ1v) is 11.3. The summed E-state index contributed by atoms with van der Waals surface area (Å²) in [5.41, 5.74) is 1.27. The van der Waals surface area contributed by atoms with E-state index in [0.29, 0.717) is 6.04 Å². The van der Waals surface area contributed by atoms with Gasteiger partial charge in [0.1, 0.15) is 0 Å². The van der Waals surface area contributed by atoms with Gasteiger partial charge in [0.2, 0.25) is 0 Å². The number of rotatable bonds is 6. The van der Waals surface area contributed by atoms with Crippen molar-refractivity contribution in [3.8, 4) is 0 Å². The summed E-state index contributed by atoms with van der Waals surface area (Å²) in [4.78, 5) is 12.1. The molecule has 2 heterocycles. The second-order valence-electron chi connectivity index (χ2n) is 8.63. The molecule has 0 bridgehead atoms. The van der Waals surface area contributed by atoms with Crippen LogP contribution in [0.1, 0.15) is 32.3 Å². The fourth-order valence-corrected chi connectivity index (χ4v) is 4.35. The first-order chi connectivity index (χ1) is 14.2. The predicted octanol–water partition coefficient (Wildman–Crippen LogP) is 3.01. The maximum absolute atomic E-state index is 4.56. The SMILES string of the molecule is CN=C(NCC1CCCN(C(C)C)C1)N1CCN(C/C=C/c2ccccc2)CC1. The Kier molecular flexibility index (Phi) is 8.56. The Morgan fingerprint density at radius 3 is 2.59 bits per heavy atom. The van der Waals surface area contributed by atoms with Gasteiger partial charge in [0, 0.05) is 58.9 Å². The van der Waals surface area contributed by atoms with Crippen molar-refractivity contribution in [1.29, 1.82) is 0 Å². The first-order valence-electron chi connectivity index (χ1n) is 11.3. The smallest absolute Gasteiger partial charge is 0.193 e. The summed E-state index contributed by atoms with van der Waals surface area (Å²) < 4.78 is 0. The lowest BCUT2D eigenvalue weighted by molar-refractivity contribution is 0.139. The second kappa shape index (κ2) is 11.4. The van der Waals surface area contributed by atoms with Crippen molar-refractivity contribution in [3.63, 3.8) is 0 Å². The van der Waals surface area contributed by atoms with Crippen LogP contribution < -0.4 is 5.32 Å². The first kappa shape index (κ1) is 21.8. The van der Waals surface area contributed by atoms with Gasteiger partial charge in [-0.3, -0.25) is 9.89 Å². The molecule has 29 heavy (non-hydrogen) atoms. The number of hydrogen-bond acceptors (Lipinski definition) is 3. The highest BCUT2D eigenvalue weighted by Crippen LogP contribution is 2.17. The van der Waals surface area contributed by atoms with E-state index in [4.69, 9.17) is 0 Å². The largest absolute Gasteiger partial charge is 0.356 e. The average molecular weight is 398 g/mol. The van der Waals surface area contributed by atoms with Gasteiger partial charge in [0.25, 0.3) is 0 Å². The number of nitrogens with zero attached hydrogens (tertiary/aromatic N) is 4. The molecule has 2 aliphatic rings. The van der Waals surface area contributed by atoms with Gasteiger partial charge >= 0.3 is 0 Å². The van der Waals surface area contributed by atoms with E-state index in [2.05, 4.69) is 81.3 Å². The minimum absolute atomic E-state index is 0.654. The number of guanidine groups is 1. The van der Waals surface area contributed by atoms with E-state index in [1.807, 2.05) is 7.05 Å². The van der Waals surface area contributed by atoms with Crippen LogP contribution in [0.2, 0.25) is 0 Å². The van der Waals surface area contributed by atoms with Crippen molar-refractivity contribution < 1.29 is 0 Å². The van der Waals surface area contributed by atoms with Gasteiger partial charge in [-0.15, -0.1) is 0 Å². The molecule has 160 valence electrons. The molecule has 0 amide bonds. The van der Waals surface area contributed by atoms with Crippen molar-refractivity contribution in [2.45, 2.75) is 32.7 Å². The molecule has 2 aliphatic heterocycles. The van der Waals surface area contributed by atoms with E-state index in [1.54, 1.807) is 0 Å². The molecule has 0 aliphatic carbocycles. The van der Waals surface area contributed by atoms with Crippen LogP contribution >= 0.6 is 0 Å². The van der Waals surface area contributed by atoms with Crippen LogP contribution in [0, 0.1) is 5.92 Å². The van der Waals surface area contributed by atoms with E-state index in [-0.39, 0.29) is 0 Å². The molecule has 1 aromatic carbocycles. The van der Waals surface area contributed by atoms with Crippen LogP contribution in [-0.2, 0) is 0 Å². The molecule has 5 nitrogen and oxygen atoms in total. The molecule has 0 spiro atoms. The fraction of sp³-hybridized carbons (Fsp3) is 0.625. The summed E-state index contributed by atoms with van der Waals surface area (Å²) in [7, 11) is 1.92. The molecule has 1 aromatic rings. The highest BCUT2D eigenvalue weighted by atomic mass is 15.3. The monoisotopic (exact) mass is 397 g/mol. The summed E-state index contributed by atoms with van der Waals surface area (Å²) in [6.45, 7) is 13.4. The quantitative estimate of drug-likeness (QED) is 0.591. The van der Waals surface area contributed by atoms with Crippen molar-refractivity contribution in [3.05, 3.63) is 42.0 Å². The van der Waals surface area contributed by atoms with Crippen molar-refractivity contribution in [2.24, 2.45) is 10.9 Å². The molecule has 3 rings (SSSR count). The molecule has 1 N–H and O–H groups in total. The Labute approximate surface area is 177 Å². The van der Waals surface area contributed by atoms with Crippen LogP contribution in [-0.4, -0.2) is 86.1 Å². The molecule has 0 aromatic heterocycles. The molecule has 2 saturated heterocycles. The lowest BCUT2D eigenvalue weighted by Gasteiger charge is -2.38. The summed E-state index contributed by atoms with van der Waals surface area (Å²) >= 11 is 0. The topological polar surface area (TPSA) is 34.1 Å².